The molecule has 1 amide bonds. The highest BCUT2D eigenvalue weighted by molar-refractivity contribution is 7.15. The molecule has 2 aromatic carbocycles. The molecule has 0 aliphatic carbocycles. The van der Waals surface area contributed by atoms with E-state index in [9.17, 15) is 4.79 Å². The van der Waals surface area contributed by atoms with Gasteiger partial charge in [-0.3, -0.25) is 10.1 Å². The lowest BCUT2D eigenvalue weighted by atomic mass is 10.2. The maximum absolute atomic E-state index is 12.2. The van der Waals surface area contributed by atoms with Crippen molar-refractivity contribution in [2.24, 2.45) is 0 Å². The number of anilines is 1. The molecule has 4 aromatic rings. The fourth-order valence-corrected chi connectivity index (χ4v) is 3.55. The molecule has 1 N–H and O–H groups in total. The number of amides is 1. The Balaban J connectivity index is 1.49. The molecule has 0 radical (unpaired) electrons. The molecule has 28 heavy (non-hydrogen) atoms. The van der Waals surface area contributed by atoms with Crippen molar-refractivity contribution >= 4 is 45.8 Å². The standard InChI is InChI=1S/C20H15ClN4O2S/c1-27-16-9-2-13(3-10-16)4-11-18(26)22-19-23-20-25(24-19)17(12-28-20)14-5-7-15(21)8-6-14/h2-12H,1H3,(H,22,24,26)/b11-4+. The van der Waals surface area contributed by atoms with Crippen LogP contribution in [0.3, 0.4) is 0 Å². The van der Waals surface area contributed by atoms with Gasteiger partial charge in [0.15, 0.2) is 0 Å². The molecule has 2 heterocycles. The van der Waals surface area contributed by atoms with Crippen LogP contribution in [0.4, 0.5) is 5.95 Å². The topological polar surface area (TPSA) is 68.5 Å². The van der Waals surface area contributed by atoms with Gasteiger partial charge in [-0.1, -0.05) is 35.9 Å². The number of halogens is 1. The zero-order chi connectivity index (χ0) is 19.5. The summed E-state index contributed by atoms with van der Waals surface area (Å²) in [5, 5.41) is 9.72. The molecule has 6 nitrogen and oxygen atoms in total. The number of carbonyl (C=O) groups excluding carboxylic acids is 1. The number of hydrogen-bond acceptors (Lipinski definition) is 5. The average Bonchev–Trinajstić information content (AvgIpc) is 3.28. The highest BCUT2D eigenvalue weighted by Crippen LogP contribution is 2.26. The van der Waals surface area contributed by atoms with E-state index >= 15 is 0 Å². The number of benzene rings is 2. The maximum atomic E-state index is 12.2. The van der Waals surface area contributed by atoms with E-state index in [-0.39, 0.29) is 11.9 Å². The van der Waals surface area contributed by atoms with E-state index in [0.29, 0.717) is 9.98 Å². The summed E-state index contributed by atoms with van der Waals surface area (Å²) in [5.41, 5.74) is 2.75. The minimum atomic E-state index is -0.304. The van der Waals surface area contributed by atoms with Gasteiger partial charge in [-0.2, -0.15) is 4.98 Å². The van der Waals surface area contributed by atoms with E-state index in [1.165, 1.54) is 17.4 Å². The predicted octanol–water partition coefficient (Wildman–Crippen LogP) is 4.77. The number of fused-ring (bicyclic) bond motifs is 1. The second-order valence-corrected chi connectivity index (χ2v) is 7.13. The molecule has 0 aliphatic rings. The number of aromatic nitrogens is 3. The van der Waals surface area contributed by atoms with Crippen LogP contribution in [0.15, 0.2) is 60.0 Å². The minimum Gasteiger partial charge on any atom is -0.497 e. The quantitative estimate of drug-likeness (QED) is 0.481. The number of methoxy groups -OCH3 is 1. The summed E-state index contributed by atoms with van der Waals surface area (Å²) in [6, 6.07) is 14.9. The Hall–Kier alpha value is -3.16. The van der Waals surface area contributed by atoms with Crippen molar-refractivity contribution in [2.75, 3.05) is 12.4 Å². The molecule has 0 unspecified atom stereocenters. The first-order valence-corrected chi connectivity index (χ1v) is 9.61. The first-order valence-electron chi connectivity index (χ1n) is 8.36. The van der Waals surface area contributed by atoms with Crippen LogP contribution in [0.25, 0.3) is 22.3 Å². The van der Waals surface area contributed by atoms with Gasteiger partial charge < -0.3 is 4.74 Å². The van der Waals surface area contributed by atoms with Gasteiger partial charge in [-0.15, -0.1) is 16.4 Å². The van der Waals surface area contributed by atoms with Crippen molar-refractivity contribution in [3.63, 3.8) is 0 Å². The zero-order valence-electron chi connectivity index (χ0n) is 14.8. The lowest BCUT2D eigenvalue weighted by Gasteiger charge is -1.99. The number of nitrogens with zero attached hydrogens (tertiary/aromatic N) is 3. The molecule has 8 heteroatoms. The Morgan fingerprint density at radius 2 is 1.93 bits per heavy atom. The molecule has 0 saturated heterocycles. The molecule has 2 aromatic heterocycles. The molecule has 140 valence electrons. The first-order chi connectivity index (χ1) is 13.6. The summed E-state index contributed by atoms with van der Waals surface area (Å²) in [4.78, 5) is 17.2. The fraction of sp³-hybridized carbons (Fsp3) is 0.0500. The van der Waals surface area contributed by atoms with Crippen molar-refractivity contribution in [1.29, 1.82) is 0 Å². The van der Waals surface area contributed by atoms with E-state index < -0.39 is 0 Å². The van der Waals surface area contributed by atoms with E-state index in [0.717, 1.165) is 22.6 Å². The molecule has 0 fully saturated rings. The molecule has 0 spiro atoms. The van der Waals surface area contributed by atoms with Gasteiger partial charge in [0.05, 0.1) is 12.8 Å². The third-order valence-corrected chi connectivity index (χ3v) is 5.07. The third kappa shape index (κ3) is 3.90. The highest BCUT2D eigenvalue weighted by Gasteiger charge is 2.12. The van der Waals surface area contributed by atoms with E-state index in [1.54, 1.807) is 17.7 Å². The Morgan fingerprint density at radius 1 is 1.18 bits per heavy atom. The predicted molar refractivity (Wildman–Crippen MR) is 112 cm³/mol. The number of nitrogens with one attached hydrogen (secondary N) is 1. The van der Waals surface area contributed by atoms with Crippen molar-refractivity contribution in [3.8, 4) is 17.0 Å². The number of thiazole rings is 1. The van der Waals surface area contributed by atoms with Gasteiger partial charge in [0, 0.05) is 22.0 Å². The SMILES string of the molecule is COc1ccc(/C=C/C(=O)Nc2nc3scc(-c4ccc(Cl)cc4)n3n2)cc1. The van der Waals surface area contributed by atoms with Crippen LogP contribution in [0.1, 0.15) is 5.56 Å². The lowest BCUT2D eigenvalue weighted by molar-refractivity contribution is -0.111. The van der Waals surface area contributed by atoms with E-state index in [1.807, 2.05) is 53.9 Å². The van der Waals surface area contributed by atoms with Crippen molar-refractivity contribution in [1.82, 2.24) is 14.6 Å². The van der Waals surface area contributed by atoms with Crippen LogP contribution in [0, 0.1) is 0 Å². The zero-order valence-corrected chi connectivity index (χ0v) is 16.4. The molecule has 0 atom stereocenters. The summed E-state index contributed by atoms with van der Waals surface area (Å²) < 4.78 is 6.82. The van der Waals surface area contributed by atoms with Crippen molar-refractivity contribution in [2.45, 2.75) is 0 Å². The average molecular weight is 411 g/mol. The summed E-state index contributed by atoms with van der Waals surface area (Å²) in [6.45, 7) is 0. The van der Waals surface area contributed by atoms with Gasteiger partial charge in [-0.25, -0.2) is 4.52 Å². The molecule has 0 saturated carbocycles. The Morgan fingerprint density at radius 3 is 2.64 bits per heavy atom. The normalized spacial score (nSPS) is 11.2. The van der Waals surface area contributed by atoms with Gasteiger partial charge in [0.2, 0.25) is 4.96 Å². The lowest BCUT2D eigenvalue weighted by Crippen LogP contribution is -2.09. The van der Waals surface area contributed by atoms with Crippen LogP contribution < -0.4 is 10.1 Å². The van der Waals surface area contributed by atoms with E-state index in [4.69, 9.17) is 16.3 Å². The third-order valence-electron chi connectivity index (χ3n) is 4.00. The number of ether oxygens (including phenoxy) is 1. The second-order valence-electron chi connectivity index (χ2n) is 5.85. The van der Waals surface area contributed by atoms with E-state index in [2.05, 4.69) is 15.4 Å². The molecule has 4 rings (SSSR count). The molecule has 0 bridgehead atoms. The van der Waals surface area contributed by atoms with Crippen molar-refractivity contribution in [3.05, 3.63) is 70.6 Å². The van der Waals surface area contributed by atoms with Crippen LogP contribution in [0.2, 0.25) is 5.02 Å². The van der Waals surface area contributed by atoms with Gasteiger partial charge in [0.25, 0.3) is 11.9 Å². The number of carbonyl (C=O) groups is 1. The summed E-state index contributed by atoms with van der Waals surface area (Å²) in [5.74, 6) is 0.717. The molecular weight excluding hydrogens is 396 g/mol. The van der Waals surface area contributed by atoms with Crippen LogP contribution in [0.5, 0.6) is 5.75 Å². The van der Waals surface area contributed by atoms with Gasteiger partial charge >= 0.3 is 0 Å². The summed E-state index contributed by atoms with van der Waals surface area (Å²) >= 11 is 7.40. The minimum absolute atomic E-state index is 0.256. The largest absolute Gasteiger partial charge is 0.497 e. The van der Waals surface area contributed by atoms with Crippen LogP contribution in [-0.4, -0.2) is 27.6 Å². The Bertz CT molecular complexity index is 1150. The fourth-order valence-electron chi connectivity index (χ4n) is 2.59. The summed E-state index contributed by atoms with van der Waals surface area (Å²) in [6.07, 6.45) is 3.16. The Kier molecular flexibility index (Phi) is 5.10. The van der Waals surface area contributed by atoms with Gasteiger partial charge in [0.1, 0.15) is 5.75 Å². The Labute approximate surface area is 170 Å². The number of hydrogen-bond donors (Lipinski definition) is 1. The highest BCUT2D eigenvalue weighted by atomic mass is 35.5. The second kappa shape index (κ2) is 7.84. The number of rotatable bonds is 5. The first kappa shape index (κ1) is 18.2. The van der Waals surface area contributed by atoms with Gasteiger partial charge in [-0.05, 0) is 35.9 Å². The molecular formula is C20H15ClN4O2S. The maximum Gasteiger partial charge on any atom is 0.250 e. The van der Waals surface area contributed by atoms with Crippen LogP contribution >= 0.6 is 22.9 Å². The molecule has 0 aliphatic heterocycles. The van der Waals surface area contributed by atoms with Crippen molar-refractivity contribution < 1.29 is 9.53 Å². The smallest absolute Gasteiger partial charge is 0.250 e. The summed E-state index contributed by atoms with van der Waals surface area (Å²) in [7, 11) is 1.61. The monoisotopic (exact) mass is 410 g/mol. The van der Waals surface area contributed by atoms with Crippen LogP contribution in [-0.2, 0) is 4.79 Å².